The molecule has 104 valence electrons. The van der Waals surface area contributed by atoms with Gasteiger partial charge in [0.1, 0.15) is 0 Å². The van der Waals surface area contributed by atoms with Gasteiger partial charge in [-0.3, -0.25) is 4.72 Å². The molecule has 0 fully saturated rings. The Bertz CT molecular complexity index is 606. The highest BCUT2D eigenvalue weighted by Crippen LogP contribution is 2.19. The van der Waals surface area contributed by atoms with Gasteiger partial charge in [0.15, 0.2) is 0 Å². The van der Waals surface area contributed by atoms with Crippen LogP contribution in [0.3, 0.4) is 0 Å². The summed E-state index contributed by atoms with van der Waals surface area (Å²) in [6, 6.07) is 5.01. The summed E-state index contributed by atoms with van der Waals surface area (Å²) in [7, 11) is -0.734. The standard InChI is InChI=1S/C12H16N2O4S/c1-9-4-5-10(6-7-12(15)16)8-11(9)13-19(17,18)14(2)3/h4-8,13H,1-3H3,(H,15,16). The van der Waals surface area contributed by atoms with Crippen molar-refractivity contribution < 1.29 is 18.3 Å². The molecule has 0 atom stereocenters. The van der Waals surface area contributed by atoms with E-state index in [1.54, 1.807) is 25.1 Å². The first-order valence-corrected chi connectivity index (χ1v) is 6.88. The van der Waals surface area contributed by atoms with Crippen molar-refractivity contribution in [2.24, 2.45) is 0 Å². The van der Waals surface area contributed by atoms with Gasteiger partial charge in [0, 0.05) is 20.2 Å². The maximum Gasteiger partial charge on any atom is 0.328 e. The van der Waals surface area contributed by atoms with E-state index in [-0.39, 0.29) is 0 Å². The highest BCUT2D eigenvalue weighted by Gasteiger charge is 2.14. The molecule has 6 nitrogen and oxygen atoms in total. The molecule has 0 aliphatic rings. The van der Waals surface area contributed by atoms with Crippen molar-refractivity contribution in [1.82, 2.24) is 4.31 Å². The molecule has 7 heteroatoms. The van der Waals surface area contributed by atoms with Crippen LogP contribution >= 0.6 is 0 Å². The monoisotopic (exact) mass is 284 g/mol. The van der Waals surface area contributed by atoms with Crippen molar-refractivity contribution >= 4 is 27.9 Å². The number of hydrogen-bond donors (Lipinski definition) is 2. The topological polar surface area (TPSA) is 86.7 Å². The van der Waals surface area contributed by atoms with E-state index in [0.29, 0.717) is 11.3 Å². The summed E-state index contributed by atoms with van der Waals surface area (Å²) >= 11 is 0. The Hall–Kier alpha value is -1.86. The fourth-order valence-electron chi connectivity index (χ4n) is 1.25. The van der Waals surface area contributed by atoms with Crippen molar-refractivity contribution in [1.29, 1.82) is 0 Å². The lowest BCUT2D eigenvalue weighted by Gasteiger charge is -2.15. The summed E-state index contributed by atoms with van der Waals surface area (Å²) in [6.45, 7) is 1.76. The molecule has 0 spiro atoms. The van der Waals surface area contributed by atoms with E-state index in [0.717, 1.165) is 15.9 Å². The third-order valence-electron chi connectivity index (χ3n) is 2.40. The number of carboxylic acids is 1. The minimum Gasteiger partial charge on any atom is -0.478 e. The first kappa shape index (κ1) is 15.2. The summed E-state index contributed by atoms with van der Waals surface area (Å²) in [5, 5.41) is 8.55. The number of anilines is 1. The van der Waals surface area contributed by atoms with Crippen LogP contribution in [0.4, 0.5) is 5.69 Å². The van der Waals surface area contributed by atoms with Gasteiger partial charge in [-0.15, -0.1) is 0 Å². The number of nitrogens with one attached hydrogen (secondary N) is 1. The van der Waals surface area contributed by atoms with E-state index in [1.165, 1.54) is 20.2 Å². The third-order valence-corrected chi connectivity index (χ3v) is 3.84. The van der Waals surface area contributed by atoms with Crippen LogP contribution < -0.4 is 4.72 Å². The van der Waals surface area contributed by atoms with Gasteiger partial charge in [0.25, 0.3) is 0 Å². The lowest BCUT2D eigenvalue weighted by Crippen LogP contribution is -2.29. The van der Waals surface area contributed by atoms with E-state index in [2.05, 4.69) is 4.72 Å². The molecule has 2 N–H and O–H groups in total. The highest BCUT2D eigenvalue weighted by molar-refractivity contribution is 7.90. The Labute approximate surface area is 112 Å². The molecule has 0 aliphatic carbocycles. The van der Waals surface area contributed by atoms with Gasteiger partial charge in [-0.05, 0) is 30.2 Å². The smallest absolute Gasteiger partial charge is 0.328 e. The van der Waals surface area contributed by atoms with E-state index in [9.17, 15) is 13.2 Å². The quantitative estimate of drug-likeness (QED) is 0.798. The minimum absolute atomic E-state index is 0.418. The summed E-state index contributed by atoms with van der Waals surface area (Å²) in [4.78, 5) is 10.4. The lowest BCUT2D eigenvalue weighted by atomic mass is 10.1. The van der Waals surface area contributed by atoms with Gasteiger partial charge in [0.05, 0.1) is 5.69 Å². The molecule has 0 saturated carbocycles. The van der Waals surface area contributed by atoms with Crippen LogP contribution in [0.2, 0.25) is 0 Å². The largest absolute Gasteiger partial charge is 0.478 e. The van der Waals surface area contributed by atoms with Crippen LogP contribution in [0.25, 0.3) is 6.08 Å². The van der Waals surface area contributed by atoms with Crippen LogP contribution in [-0.4, -0.2) is 37.9 Å². The summed E-state index contributed by atoms with van der Waals surface area (Å²) in [5.74, 6) is -1.06. The molecule has 0 aliphatic heterocycles. The number of carbonyl (C=O) groups is 1. The zero-order valence-corrected chi connectivity index (χ0v) is 11.7. The van der Waals surface area contributed by atoms with Crippen molar-refractivity contribution in [2.75, 3.05) is 18.8 Å². The SMILES string of the molecule is Cc1ccc(C=CC(=O)O)cc1NS(=O)(=O)N(C)C. The number of hydrogen-bond acceptors (Lipinski definition) is 3. The fourth-order valence-corrected chi connectivity index (χ4v) is 1.93. The van der Waals surface area contributed by atoms with Crippen molar-refractivity contribution in [3.63, 3.8) is 0 Å². The Morgan fingerprint density at radius 2 is 2.00 bits per heavy atom. The summed E-state index contributed by atoms with van der Waals surface area (Å²) < 4.78 is 27.0. The average Bonchev–Trinajstić information content (AvgIpc) is 2.29. The molecule has 0 bridgehead atoms. The second-order valence-corrected chi connectivity index (χ2v) is 6.02. The van der Waals surface area contributed by atoms with Gasteiger partial charge in [0.2, 0.25) is 0 Å². The minimum atomic E-state index is -3.58. The van der Waals surface area contributed by atoms with Crippen molar-refractivity contribution in [3.8, 4) is 0 Å². The highest BCUT2D eigenvalue weighted by atomic mass is 32.2. The number of rotatable bonds is 5. The molecular formula is C12H16N2O4S. The molecule has 19 heavy (non-hydrogen) atoms. The Morgan fingerprint density at radius 3 is 2.53 bits per heavy atom. The molecule has 1 aromatic carbocycles. The third kappa shape index (κ3) is 4.38. The zero-order chi connectivity index (χ0) is 14.6. The molecule has 0 aromatic heterocycles. The molecule has 1 aromatic rings. The van der Waals surface area contributed by atoms with Gasteiger partial charge in [-0.2, -0.15) is 12.7 Å². The summed E-state index contributed by atoms with van der Waals surface area (Å²) in [6.07, 6.45) is 2.39. The van der Waals surface area contributed by atoms with E-state index in [1.807, 2.05) is 0 Å². The number of nitrogens with zero attached hydrogens (tertiary/aromatic N) is 1. The van der Waals surface area contributed by atoms with Crippen LogP contribution in [0.5, 0.6) is 0 Å². The number of carboxylic acid groups (broad SMARTS) is 1. The van der Waals surface area contributed by atoms with Crippen LogP contribution in [-0.2, 0) is 15.0 Å². The Balaban J connectivity index is 3.08. The van der Waals surface area contributed by atoms with Crippen LogP contribution in [0.1, 0.15) is 11.1 Å². The predicted molar refractivity (Wildman–Crippen MR) is 74.1 cm³/mol. The normalized spacial score (nSPS) is 12.0. The second kappa shape index (κ2) is 5.85. The van der Waals surface area contributed by atoms with E-state index < -0.39 is 16.2 Å². The van der Waals surface area contributed by atoms with Crippen LogP contribution in [0, 0.1) is 6.92 Å². The van der Waals surface area contributed by atoms with Gasteiger partial charge >= 0.3 is 16.2 Å². The number of aryl methyl sites for hydroxylation is 1. The summed E-state index contributed by atoms with van der Waals surface area (Å²) in [5.41, 5.74) is 1.77. The fraction of sp³-hybridized carbons (Fsp3) is 0.250. The first-order valence-electron chi connectivity index (χ1n) is 5.44. The molecule has 0 heterocycles. The zero-order valence-electron chi connectivity index (χ0n) is 10.9. The van der Waals surface area contributed by atoms with Gasteiger partial charge in [-0.25, -0.2) is 4.79 Å². The molecule has 0 amide bonds. The number of aliphatic carboxylic acids is 1. The molecular weight excluding hydrogens is 268 g/mol. The molecule has 0 radical (unpaired) electrons. The molecule has 0 saturated heterocycles. The predicted octanol–water partition coefficient (Wildman–Crippen LogP) is 1.31. The lowest BCUT2D eigenvalue weighted by molar-refractivity contribution is -0.131. The Kier molecular flexibility index (Phi) is 4.68. The van der Waals surface area contributed by atoms with E-state index >= 15 is 0 Å². The Morgan fingerprint density at radius 1 is 1.37 bits per heavy atom. The van der Waals surface area contributed by atoms with Crippen LogP contribution in [0.15, 0.2) is 24.3 Å². The molecule has 0 unspecified atom stereocenters. The molecule has 1 rings (SSSR count). The second-order valence-electron chi connectivity index (χ2n) is 4.14. The average molecular weight is 284 g/mol. The number of benzene rings is 1. The van der Waals surface area contributed by atoms with Crippen molar-refractivity contribution in [2.45, 2.75) is 6.92 Å². The van der Waals surface area contributed by atoms with Gasteiger partial charge < -0.3 is 5.11 Å². The maximum absolute atomic E-state index is 11.7. The van der Waals surface area contributed by atoms with Gasteiger partial charge in [-0.1, -0.05) is 12.1 Å². The maximum atomic E-state index is 11.7. The van der Waals surface area contributed by atoms with E-state index in [4.69, 9.17) is 5.11 Å². The van der Waals surface area contributed by atoms with Crippen molar-refractivity contribution in [3.05, 3.63) is 35.4 Å². The first-order chi connectivity index (χ1) is 8.72.